The molecule has 2 fully saturated rings. The molecule has 172 valence electrons. The molecule has 2 saturated heterocycles. The number of allylic oxidation sites excluding steroid dienone is 1. The number of carbonyl (C=O) groups is 1. The van der Waals surface area contributed by atoms with Crippen molar-refractivity contribution in [2.45, 2.75) is 65.5 Å². The van der Waals surface area contributed by atoms with Gasteiger partial charge in [0.15, 0.2) is 17.3 Å². The molecule has 3 heterocycles. The Morgan fingerprint density at radius 1 is 1.22 bits per heavy atom. The summed E-state index contributed by atoms with van der Waals surface area (Å²) in [6.45, 7) is 8.52. The molecular formula is C25H32F2N3O2+. The lowest BCUT2D eigenvalue weighted by Gasteiger charge is -2.29. The van der Waals surface area contributed by atoms with Crippen molar-refractivity contribution in [3.8, 4) is 0 Å². The van der Waals surface area contributed by atoms with Crippen LogP contribution in [0.15, 0.2) is 16.6 Å². The number of hydrogen-bond donors (Lipinski definition) is 0. The smallest absolute Gasteiger partial charge is 0.410 e. The second-order valence-electron chi connectivity index (χ2n) is 9.09. The summed E-state index contributed by atoms with van der Waals surface area (Å²) in [6.07, 6.45) is 7.25. The zero-order valence-corrected chi connectivity index (χ0v) is 19.2. The van der Waals surface area contributed by atoms with Gasteiger partial charge in [-0.25, -0.2) is 13.6 Å². The van der Waals surface area contributed by atoms with Crippen LogP contribution in [0.4, 0.5) is 19.3 Å². The van der Waals surface area contributed by atoms with Crippen LogP contribution in [0.25, 0.3) is 0 Å². The molecule has 5 nitrogen and oxygen atoms in total. The summed E-state index contributed by atoms with van der Waals surface area (Å²) in [5.74, 6) is -0.366. The number of likely N-dealkylation sites (tertiary alicyclic amines) is 1. The van der Waals surface area contributed by atoms with Crippen molar-refractivity contribution in [3.63, 3.8) is 0 Å². The number of rotatable bonds is 4. The maximum atomic E-state index is 15.2. The van der Waals surface area contributed by atoms with Gasteiger partial charge in [-0.3, -0.25) is 4.99 Å². The summed E-state index contributed by atoms with van der Waals surface area (Å²) in [6, 6.07) is 1.34. The Morgan fingerprint density at radius 2 is 1.91 bits per heavy atom. The van der Waals surface area contributed by atoms with Gasteiger partial charge < -0.3 is 14.5 Å². The van der Waals surface area contributed by atoms with Crippen LogP contribution in [0.3, 0.4) is 0 Å². The van der Waals surface area contributed by atoms with Gasteiger partial charge in [-0.05, 0) is 20.3 Å². The van der Waals surface area contributed by atoms with Crippen LogP contribution < -0.4 is 4.90 Å². The molecule has 7 heteroatoms. The molecule has 1 aromatic carbocycles. The van der Waals surface area contributed by atoms with Crippen LogP contribution in [0, 0.1) is 23.6 Å². The van der Waals surface area contributed by atoms with Gasteiger partial charge in [-0.15, -0.1) is 0 Å². The number of halogens is 2. The lowest BCUT2D eigenvalue weighted by Crippen LogP contribution is -2.39. The van der Waals surface area contributed by atoms with E-state index in [1.54, 1.807) is 4.90 Å². The number of amides is 1. The van der Waals surface area contributed by atoms with E-state index in [2.05, 4.69) is 11.1 Å². The van der Waals surface area contributed by atoms with Gasteiger partial charge in [0.25, 0.3) is 0 Å². The molecule has 0 atom stereocenters. The van der Waals surface area contributed by atoms with E-state index in [0.29, 0.717) is 61.0 Å². The quantitative estimate of drug-likeness (QED) is 0.595. The Hall–Kier alpha value is -2.53. The van der Waals surface area contributed by atoms with E-state index >= 15 is 4.39 Å². The number of fused-ring (bicyclic) bond motifs is 1. The van der Waals surface area contributed by atoms with E-state index in [1.807, 2.05) is 25.7 Å². The number of hydrogen-bond acceptors (Lipinski definition) is 4. The predicted octanol–water partition coefficient (Wildman–Crippen LogP) is 5.26. The molecule has 0 bridgehead atoms. The Morgan fingerprint density at radius 3 is 2.53 bits per heavy atom. The summed E-state index contributed by atoms with van der Waals surface area (Å²) in [5.41, 5.74) is 3.02. The summed E-state index contributed by atoms with van der Waals surface area (Å²) in [5, 5.41) is 0. The van der Waals surface area contributed by atoms with Crippen LogP contribution in [-0.4, -0.2) is 49.0 Å². The van der Waals surface area contributed by atoms with Gasteiger partial charge in [-0.1, -0.05) is 6.92 Å². The van der Waals surface area contributed by atoms with E-state index in [9.17, 15) is 9.18 Å². The highest BCUT2D eigenvalue weighted by atomic mass is 19.1. The first-order valence-corrected chi connectivity index (χ1v) is 11.7. The molecule has 0 N–H and O–H groups in total. The maximum Gasteiger partial charge on any atom is 0.410 e. The predicted molar refractivity (Wildman–Crippen MR) is 121 cm³/mol. The average molecular weight is 445 g/mol. The fraction of sp³-hybridized carbons (Fsp3) is 0.600. The van der Waals surface area contributed by atoms with Crippen LogP contribution in [0.2, 0.25) is 0 Å². The normalized spacial score (nSPS) is 19.2. The number of aliphatic imine (C=N–C) groups is 1. The lowest BCUT2D eigenvalue weighted by molar-refractivity contribution is 0.0675. The Bertz CT molecular complexity index is 924. The molecule has 1 aromatic rings. The highest BCUT2D eigenvalue weighted by Gasteiger charge is 2.33. The van der Waals surface area contributed by atoms with Crippen molar-refractivity contribution in [1.82, 2.24) is 4.90 Å². The minimum atomic E-state index is -0.370. The average Bonchev–Trinajstić information content (AvgIpc) is 3.22. The second kappa shape index (κ2) is 9.53. The van der Waals surface area contributed by atoms with Crippen LogP contribution in [-0.2, 0) is 11.3 Å². The van der Waals surface area contributed by atoms with Crippen molar-refractivity contribution in [2.24, 2.45) is 10.9 Å². The first-order chi connectivity index (χ1) is 15.4. The molecule has 3 aliphatic heterocycles. The molecule has 1 amide bonds. The molecule has 0 radical (unpaired) electrons. The molecule has 0 saturated carbocycles. The Balaban J connectivity index is 1.34. The molecule has 0 aromatic heterocycles. The second-order valence-corrected chi connectivity index (χ2v) is 9.09. The molecule has 32 heavy (non-hydrogen) atoms. The number of carbonyl (C=O) groups excluding carboxylic acids is 1. The van der Waals surface area contributed by atoms with Crippen LogP contribution in [0.1, 0.15) is 64.0 Å². The third-order valence-corrected chi connectivity index (χ3v) is 6.55. The molecule has 0 spiro atoms. The zero-order valence-electron chi connectivity index (χ0n) is 19.2. The standard InChI is InChI=1S/C25H32F2N3O2/c1-4-21-23-19(15-28-21)24(27)22(14-20(23)26)29-9-5-17(6-10-29)13-18-7-11-30(12-8-18)25(31)32-16(2)3/h14,16,18H,4-12,15H2,1-3H3/q+1. The first-order valence-electron chi connectivity index (χ1n) is 11.7. The number of piperidine rings is 2. The van der Waals surface area contributed by atoms with Crippen LogP contribution >= 0.6 is 0 Å². The third kappa shape index (κ3) is 4.63. The van der Waals surface area contributed by atoms with Crippen LogP contribution in [0.5, 0.6) is 0 Å². The van der Waals surface area contributed by atoms with Gasteiger partial charge in [0.05, 0.1) is 18.3 Å². The minimum Gasteiger partial charge on any atom is -0.447 e. The number of ether oxygens (including phenoxy) is 1. The highest BCUT2D eigenvalue weighted by molar-refractivity contribution is 6.04. The van der Waals surface area contributed by atoms with Crippen molar-refractivity contribution in [2.75, 3.05) is 31.1 Å². The largest absolute Gasteiger partial charge is 0.447 e. The molecular weight excluding hydrogens is 412 g/mol. The van der Waals surface area contributed by atoms with Crippen molar-refractivity contribution < 1.29 is 18.3 Å². The van der Waals surface area contributed by atoms with Crippen molar-refractivity contribution in [1.29, 1.82) is 0 Å². The number of anilines is 1. The fourth-order valence-electron chi connectivity index (χ4n) is 4.83. The Labute approximate surface area is 189 Å². The number of benzene rings is 1. The topological polar surface area (TPSA) is 45.1 Å². The van der Waals surface area contributed by atoms with E-state index in [0.717, 1.165) is 25.7 Å². The van der Waals surface area contributed by atoms with Crippen molar-refractivity contribution >= 4 is 17.5 Å². The summed E-state index contributed by atoms with van der Waals surface area (Å²) >= 11 is 0. The zero-order chi connectivity index (χ0) is 22.8. The third-order valence-electron chi connectivity index (χ3n) is 6.55. The SMILES string of the molecule is CCC1=NCc2c(F)c(N3CCC(=[C+]C4CCN(C(=O)OC(C)C)CC4)CC3)cc(F)c21. The Kier molecular flexibility index (Phi) is 6.75. The molecule has 0 aliphatic carbocycles. The van der Waals surface area contributed by atoms with Gasteiger partial charge in [-0.2, -0.15) is 0 Å². The van der Waals surface area contributed by atoms with E-state index < -0.39 is 0 Å². The molecule has 3 aliphatic rings. The fourth-order valence-corrected chi connectivity index (χ4v) is 4.83. The summed E-state index contributed by atoms with van der Waals surface area (Å²) in [7, 11) is 0. The molecule has 0 unspecified atom stereocenters. The van der Waals surface area contributed by atoms with Gasteiger partial charge >= 0.3 is 6.09 Å². The highest BCUT2D eigenvalue weighted by Crippen LogP contribution is 2.35. The lowest BCUT2D eigenvalue weighted by atomic mass is 9.91. The molecule has 4 rings (SSSR count). The minimum absolute atomic E-state index is 0.107. The number of nitrogens with zero attached hydrogens (tertiary/aromatic N) is 3. The van der Waals surface area contributed by atoms with E-state index in [-0.39, 0.29) is 30.4 Å². The first kappa shape index (κ1) is 22.7. The van der Waals surface area contributed by atoms with E-state index in [1.165, 1.54) is 11.6 Å². The maximum absolute atomic E-state index is 15.2. The van der Waals surface area contributed by atoms with E-state index in [4.69, 9.17) is 4.74 Å². The van der Waals surface area contributed by atoms with Gasteiger partial charge in [0.2, 0.25) is 6.08 Å². The van der Waals surface area contributed by atoms with Crippen molar-refractivity contribution in [3.05, 3.63) is 40.5 Å². The summed E-state index contributed by atoms with van der Waals surface area (Å²) in [4.78, 5) is 20.1. The van der Waals surface area contributed by atoms with Gasteiger partial charge in [0.1, 0.15) is 5.82 Å². The monoisotopic (exact) mass is 444 g/mol. The summed E-state index contributed by atoms with van der Waals surface area (Å²) < 4.78 is 35.2. The van der Waals surface area contributed by atoms with Gasteiger partial charge in [0, 0.05) is 74.8 Å².